The summed E-state index contributed by atoms with van der Waals surface area (Å²) in [5.74, 6) is -0.198. The van der Waals surface area contributed by atoms with E-state index in [4.69, 9.17) is 22.7 Å². The van der Waals surface area contributed by atoms with Crippen molar-refractivity contribution in [2.45, 2.75) is 20.0 Å². The maximum absolute atomic E-state index is 11.7. The lowest BCUT2D eigenvalue weighted by Crippen LogP contribution is -2.27. The maximum Gasteiger partial charge on any atom is 0.253 e. The van der Waals surface area contributed by atoms with Gasteiger partial charge in [0.2, 0.25) is 0 Å². The second-order valence-electron chi connectivity index (χ2n) is 3.76. The number of rotatable bonds is 4. The highest BCUT2D eigenvalue weighted by Crippen LogP contribution is 2.17. The first kappa shape index (κ1) is 13.6. The molecular weight excluding hydrogens is 236 g/mol. The lowest BCUT2D eigenvalue weighted by molar-refractivity contribution is -0.124. The molecule has 0 aliphatic heterocycles. The van der Waals surface area contributed by atoms with Crippen LogP contribution in [0.5, 0.6) is 0 Å². The van der Waals surface area contributed by atoms with Crippen molar-refractivity contribution in [2.75, 3.05) is 12.4 Å². The Hall–Kier alpha value is -1.46. The van der Waals surface area contributed by atoms with Gasteiger partial charge in [-0.15, -0.1) is 0 Å². The van der Waals surface area contributed by atoms with Crippen LogP contribution in [0.15, 0.2) is 18.2 Å². The number of hydrogen-bond acceptors (Lipinski definition) is 3. The van der Waals surface area contributed by atoms with Crippen LogP contribution in [0.3, 0.4) is 0 Å². The molecule has 0 fully saturated rings. The van der Waals surface area contributed by atoms with E-state index in [1.54, 1.807) is 13.0 Å². The molecule has 4 nitrogen and oxygen atoms in total. The van der Waals surface area contributed by atoms with Crippen molar-refractivity contribution in [1.82, 2.24) is 0 Å². The fraction of sp³-hybridized carbons (Fsp3) is 0.333. The van der Waals surface area contributed by atoms with Crippen LogP contribution < -0.4 is 11.1 Å². The largest absolute Gasteiger partial charge is 0.389 e. The molecule has 0 aliphatic rings. The second-order valence-corrected chi connectivity index (χ2v) is 4.20. The van der Waals surface area contributed by atoms with Crippen molar-refractivity contribution >= 4 is 28.8 Å². The molecule has 0 aromatic heterocycles. The number of aryl methyl sites for hydroxylation is 1. The number of hydrogen-bond donors (Lipinski definition) is 2. The van der Waals surface area contributed by atoms with E-state index in [2.05, 4.69) is 5.32 Å². The van der Waals surface area contributed by atoms with Gasteiger partial charge in [0.1, 0.15) is 11.1 Å². The van der Waals surface area contributed by atoms with Gasteiger partial charge >= 0.3 is 0 Å². The minimum absolute atomic E-state index is 0.198. The van der Waals surface area contributed by atoms with Crippen LogP contribution in [0, 0.1) is 6.92 Å². The number of nitrogens with one attached hydrogen (secondary N) is 1. The molecule has 1 aromatic rings. The molecule has 0 heterocycles. The Morgan fingerprint density at radius 1 is 1.53 bits per heavy atom. The van der Waals surface area contributed by atoms with E-state index in [0.717, 1.165) is 11.1 Å². The van der Waals surface area contributed by atoms with Crippen LogP contribution in [-0.4, -0.2) is 24.1 Å². The molecule has 0 saturated carbocycles. The van der Waals surface area contributed by atoms with Crippen molar-refractivity contribution in [2.24, 2.45) is 5.73 Å². The van der Waals surface area contributed by atoms with Gasteiger partial charge in [0, 0.05) is 18.4 Å². The van der Waals surface area contributed by atoms with Gasteiger partial charge < -0.3 is 15.8 Å². The average molecular weight is 252 g/mol. The SMILES string of the molecule is COC(C)C(=O)Nc1cc(C(N)=S)ccc1C. The Kier molecular flexibility index (Phi) is 4.60. The van der Waals surface area contributed by atoms with Gasteiger partial charge in [-0.2, -0.15) is 0 Å². The van der Waals surface area contributed by atoms with E-state index in [-0.39, 0.29) is 5.91 Å². The van der Waals surface area contributed by atoms with Crippen LogP contribution in [0.1, 0.15) is 18.1 Å². The number of thiocarbonyl (C=S) groups is 1. The number of benzene rings is 1. The molecule has 1 atom stereocenters. The monoisotopic (exact) mass is 252 g/mol. The number of ether oxygens (including phenoxy) is 1. The highest BCUT2D eigenvalue weighted by atomic mass is 32.1. The van der Waals surface area contributed by atoms with Gasteiger partial charge in [-0.3, -0.25) is 4.79 Å². The summed E-state index contributed by atoms with van der Waals surface area (Å²) in [5.41, 5.74) is 7.92. The van der Waals surface area contributed by atoms with Gasteiger partial charge in [-0.25, -0.2) is 0 Å². The normalized spacial score (nSPS) is 11.9. The zero-order valence-corrected chi connectivity index (χ0v) is 10.9. The Morgan fingerprint density at radius 3 is 2.71 bits per heavy atom. The third-order valence-electron chi connectivity index (χ3n) is 2.50. The molecule has 1 unspecified atom stereocenters. The summed E-state index contributed by atoms with van der Waals surface area (Å²) in [6.07, 6.45) is -0.497. The summed E-state index contributed by atoms with van der Waals surface area (Å²) in [7, 11) is 1.49. The van der Waals surface area contributed by atoms with Gasteiger partial charge in [-0.05, 0) is 25.5 Å². The quantitative estimate of drug-likeness (QED) is 0.799. The van der Waals surface area contributed by atoms with Crippen LogP contribution in [0.2, 0.25) is 0 Å². The van der Waals surface area contributed by atoms with Crippen LogP contribution in [0.25, 0.3) is 0 Å². The summed E-state index contributed by atoms with van der Waals surface area (Å²) in [5, 5.41) is 2.78. The number of anilines is 1. The minimum Gasteiger partial charge on any atom is -0.389 e. The molecule has 0 aliphatic carbocycles. The number of carbonyl (C=O) groups is 1. The van der Waals surface area contributed by atoms with Crippen LogP contribution >= 0.6 is 12.2 Å². The van der Waals surface area contributed by atoms with Crippen molar-refractivity contribution < 1.29 is 9.53 Å². The molecule has 1 aromatic carbocycles. The summed E-state index contributed by atoms with van der Waals surface area (Å²) in [6.45, 7) is 3.58. The lowest BCUT2D eigenvalue weighted by Gasteiger charge is -2.13. The Balaban J connectivity index is 2.94. The second kappa shape index (κ2) is 5.75. The smallest absolute Gasteiger partial charge is 0.253 e. The summed E-state index contributed by atoms with van der Waals surface area (Å²) in [6, 6.07) is 5.45. The summed E-state index contributed by atoms with van der Waals surface area (Å²) in [4.78, 5) is 12.0. The van der Waals surface area contributed by atoms with E-state index >= 15 is 0 Å². The molecule has 1 amide bonds. The van der Waals surface area contributed by atoms with Gasteiger partial charge in [0.25, 0.3) is 5.91 Å². The predicted octanol–water partition coefficient (Wildman–Crippen LogP) is 1.60. The minimum atomic E-state index is -0.497. The van der Waals surface area contributed by atoms with Gasteiger partial charge in [-0.1, -0.05) is 24.4 Å². The molecule has 0 saturated heterocycles. The molecule has 92 valence electrons. The Labute approximate surface area is 106 Å². The molecule has 5 heteroatoms. The Morgan fingerprint density at radius 2 is 2.18 bits per heavy atom. The third kappa shape index (κ3) is 3.51. The number of methoxy groups -OCH3 is 1. The molecule has 3 N–H and O–H groups in total. The molecule has 0 radical (unpaired) electrons. The van der Waals surface area contributed by atoms with Gasteiger partial charge in [0.05, 0.1) is 0 Å². The first-order chi connectivity index (χ1) is 7.95. The highest BCUT2D eigenvalue weighted by molar-refractivity contribution is 7.80. The highest BCUT2D eigenvalue weighted by Gasteiger charge is 2.13. The van der Waals surface area contributed by atoms with Crippen molar-refractivity contribution in [3.63, 3.8) is 0 Å². The topological polar surface area (TPSA) is 64.3 Å². The molecule has 17 heavy (non-hydrogen) atoms. The predicted molar refractivity (Wildman–Crippen MR) is 72.2 cm³/mol. The van der Waals surface area contributed by atoms with Gasteiger partial charge in [0.15, 0.2) is 0 Å². The summed E-state index contributed by atoms with van der Waals surface area (Å²) >= 11 is 4.89. The molecular formula is C12H16N2O2S. The van der Waals surface area contributed by atoms with Crippen molar-refractivity contribution in [3.05, 3.63) is 29.3 Å². The van der Waals surface area contributed by atoms with Crippen molar-refractivity contribution in [3.8, 4) is 0 Å². The summed E-state index contributed by atoms with van der Waals surface area (Å²) < 4.78 is 4.94. The third-order valence-corrected chi connectivity index (χ3v) is 2.74. The van der Waals surface area contributed by atoms with E-state index in [9.17, 15) is 4.79 Å². The van der Waals surface area contributed by atoms with Crippen molar-refractivity contribution in [1.29, 1.82) is 0 Å². The number of amides is 1. The zero-order valence-electron chi connectivity index (χ0n) is 10.1. The van der Waals surface area contributed by atoms with E-state index in [1.165, 1.54) is 7.11 Å². The standard InChI is InChI=1S/C12H16N2O2S/c1-7-4-5-9(11(13)17)6-10(7)14-12(15)8(2)16-3/h4-6,8H,1-3H3,(H2,13,17)(H,14,15). The lowest BCUT2D eigenvalue weighted by atomic mass is 10.1. The zero-order chi connectivity index (χ0) is 13.0. The van der Waals surface area contributed by atoms with E-state index < -0.39 is 6.10 Å². The maximum atomic E-state index is 11.7. The fourth-order valence-electron chi connectivity index (χ4n) is 1.25. The average Bonchev–Trinajstić information content (AvgIpc) is 2.30. The first-order valence-corrected chi connectivity index (χ1v) is 5.60. The Bertz CT molecular complexity index is 446. The molecule has 1 rings (SSSR count). The fourth-order valence-corrected chi connectivity index (χ4v) is 1.38. The number of carbonyl (C=O) groups excluding carboxylic acids is 1. The van der Waals surface area contributed by atoms with Crippen LogP contribution in [0.4, 0.5) is 5.69 Å². The first-order valence-electron chi connectivity index (χ1n) is 5.19. The molecule has 0 bridgehead atoms. The van der Waals surface area contributed by atoms with E-state index in [0.29, 0.717) is 10.7 Å². The van der Waals surface area contributed by atoms with E-state index in [1.807, 2.05) is 19.1 Å². The molecule has 0 spiro atoms. The van der Waals surface area contributed by atoms with Crippen LogP contribution in [-0.2, 0) is 9.53 Å². The number of nitrogens with two attached hydrogens (primary N) is 1.